The van der Waals surface area contributed by atoms with Crippen molar-refractivity contribution >= 4 is 5.69 Å². The number of rotatable bonds is 6. The lowest BCUT2D eigenvalue weighted by Gasteiger charge is -2.11. The molecule has 1 aromatic heterocycles. The number of aromatic nitrogens is 3. The van der Waals surface area contributed by atoms with Gasteiger partial charge in [-0.25, -0.2) is 0 Å². The summed E-state index contributed by atoms with van der Waals surface area (Å²) in [6.45, 7) is 5.30. The predicted molar refractivity (Wildman–Crippen MR) is 94.3 cm³/mol. The van der Waals surface area contributed by atoms with Gasteiger partial charge in [0.05, 0.1) is 0 Å². The minimum Gasteiger partial charge on any atom is -0.381 e. The van der Waals surface area contributed by atoms with Gasteiger partial charge in [0.1, 0.15) is 6.33 Å². The van der Waals surface area contributed by atoms with E-state index in [1.165, 1.54) is 17.5 Å². The molecule has 118 valence electrons. The lowest BCUT2D eigenvalue weighted by molar-refractivity contribution is 0.733. The zero-order chi connectivity index (χ0) is 16.1. The minimum absolute atomic E-state index is 0.621. The van der Waals surface area contributed by atoms with Crippen LogP contribution in [0.25, 0.3) is 11.4 Å². The third-order valence-corrected chi connectivity index (χ3v) is 4.21. The van der Waals surface area contributed by atoms with Crippen LogP contribution in [0.4, 0.5) is 5.69 Å². The quantitative estimate of drug-likeness (QED) is 0.700. The standard InChI is InChI=1S/C19H22N4/c1-3-14(2)16-9-7-15(8-10-16)12-20-18-6-4-5-17(11-18)19-21-13-22-23-19/h4-11,13-14,20H,3,12H2,1-2H3,(H,21,22,23). The van der Waals surface area contributed by atoms with Crippen LogP contribution < -0.4 is 5.32 Å². The molecule has 0 aliphatic rings. The van der Waals surface area contributed by atoms with Crippen molar-refractivity contribution in [3.05, 3.63) is 66.0 Å². The summed E-state index contributed by atoms with van der Waals surface area (Å²) in [7, 11) is 0. The number of aromatic amines is 1. The summed E-state index contributed by atoms with van der Waals surface area (Å²) in [4.78, 5) is 3.03. The lowest BCUT2D eigenvalue weighted by Crippen LogP contribution is -2.00. The molecule has 2 N–H and O–H groups in total. The summed E-state index contributed by atoms with van der Waals surface area (Å²) < 4.78 is 0. The third kappa shape index (κ3) is 3.77. The first-order chi connectivity index (χ1) is 11.3. The second-order valence-corrected chi connectivity index (χ2v) is 5.82. The van der Waals surface area contributed by atoms with Gasteiger partial charge in [0, 0.05) is 17.8 Å². The molecule has 0 aliphatic heterocycles. The highest BCUT2D eigenvalue weighted by Crippen LogP contribution is 2.21. The largest absolute Gasteiger partial charge is 0.381 e. The highest BCUT2D eigenvalue weighted by atomic mass is 15.2. The fourth-order valence-electron chi connectivity index (χ4n) is 2.53. The van der Waals surface area contributed by atoms with Gasteiger partial charge >= 0.3 is 0 Å². The second kappa shape index (κ2) is 7.09. The number of hydrogen-bond acceptors (Lipinski definition) is 3. The van der Waals surface area contributed by atoms with E-state index < -0.39 is 0 Å². The van der Waals surface area contributed by atoms with Crippen LogP contribution in [0, 0.1) is 0 Å². The van der Waals surface area contributed by atoms with Crippen LogP contribution in [0.5, 0.6) is 0 Å². The van der Waals surface area contributed by atoms with Gasteiger partial charge < -0.3 is 10.3 Å². The summed E-state index contributed by atoms with van der Waals surface area (Å²) in [6, 6.07) is 17.1. The molecule has 2 aromatic carbocycles. The zero-order valence-electron chi connectivity index (χ0n) is 13.6. The molecule has 0 saturated carbocycles. The van der Waals surface area contributed by atoms with Crippen molar-refractivity contribution in [2.45, 2.75) is 32.7 Å². The van der Waals surface area contributed by atoms with Crippen LogP contribution in [0.3, 0.4) is 0 Å². The van der Waals surface area contributed by atoms with Crippen molar-refractivity contribution in [3.8, 4) is 11.4 Å². The first kappa shape index (κ1) is 15.3. The maximum atomic E-state index is 4.05. The van der Waals surface area contributed by atoms with E-state index in [1.807, 2.05) is 12.1 Å². The van der Waals surface area contributed by atoms with E-state index in [2.05, 4.69) is 70.7 Å². The van der Waals surface area contributed by atoms with Gasteiger partial charge in [-0.1, -0.05) is 50.2 Å². The number of H-pyrrole nitrogens is 1. The average molecular weight is 306 g/mol. The maximum Gasteiger partial charge on any atom is 0.161 e. The van der Waals surface area contributed by atoms with Crippen LogP contribution in [-0.4, -0.2) is 15.2 Å². The van der Waals surface area contributed by atoms with E-state index in [-0.39, 0.29) is 0 Å². The Hall–Kier alpha value is -2.62. The highest BCUT2D eigenvalue weighted by molar-refractivity contribution is 5.62. The van der Waals surface area contributed by atoms with Crippen LogP contribution in [0.15, 0.2) is 54.9 Å². The van der Waals surface area contributed by atoms with Crippen molar-refractivity contribution in [1.29, 1.82) is 0 Å². The normalized spacial score (nSPS) is 12.1. The Bertz CT molecular complexity index is 732. The molecular formula is C19H22N4. The Kier molecular flexibility index (Phi) is 4.71. The molecule has 3 aromatic rings. The summed E-state index contributed by atoms with van der Waals surface area (Å²) in [5.41, 5.74) is 4.79. The minimum atomic E-state index is 0.621. The van der Waals surface area contributed by atoms with Gasteiger partial charge in [0.25, 0.3) is 0 Å². The van der Waals surface area contributed by atoms with Crippen LogP contribution >= 0.6 is 0 Å². The molecule has 1 unspecified atom stereocenters. The molecule has 0 saturated heterocycles. The number of hydrogen-bond donors (Lipinski definition) is 2. The Labute approximate surface area is 137 Å². The predicted octanol–water partition coefficient (Wildman–Crippen LogP) is 4.60. The molecule has 0 fully saturated rings. The molecule has 4 nitrogen and oxygen atoms in total. The summed E-state index contributed by atoms with van der Waals surface area (Å²) in [5, 5.41) is 11.3. The first-order valence-electron chi connectivity index (χ1n) is 8.05. The van der Waals surface area contributed by atoms with E-state index in [0.717, 1.165) is 23.6 Å². The maximum absolute atomic E-state index is 4.05. The van der Waals surface area contributed by atoms with Crippen LogP contribution in [-0.2, 0) is 6.54 Å². The highest BCUT2D eigenvalue weighted by Gasteiger charge is 2.04. The molecule has 0 spiro atoms. The molecule has 3 rings (SSSR count). The van der Waals surface area contributed by atoms with Gasteiger partial charge in [-0.15, -0.1) is 10.2 Å². The molecule has 0 radical (unpaired) electrons. The lowest BCUT2D eigenvalue weighted by atomic mass is 9.98. The zero-order valence-corrected chi connectivity index (χ0v) is 13.6. The molecule has 1 atom stereocenters. The monoisotopic (exact) mass is 306 g/mol. The Morgan fingerprint density at radius 3 is 2.65 bits per heavy atom. The van der Waals surface area contributed by atoms with Gasteiger partial charge in [-0.2, -0.15) is 0 Å². The number of benzene rings is 2. The van der Waals surface area contributed by atoms with Crippen molar-refractivity contribution in [2.24, 2.45) is 0 Å². The molecule has 23 heavy (non-hydrogen) atoms. The topological polar surface area (TPSA) is 53.6 Å². The third-order valence-electron chi connectivity index (χ3n) is 4.21. The number of nitrogens with one attached hydrogen (secondary N) is 2. The SMILES string of the molecule is CCC(C)c1ccc(CNc2cccc(-c3nnc[nH]3)c2)cc1. The Morgan fingerprint density at radius 2 is 1.96 bits per heavy atom. The van der Waals surface area contributed by atoms with Crippen LogP contribution in [0.1, 0.15) is 37.3 Å². The number of nitrogens with zero attached hydrogens (tertiary/aromatic N) is 2. The molecule has 1 heterocycles. The fourth-order valence-corrected chi connectivity index (χ4v) is 2.53. The second-order valence-electron chi connectivity index (χ2n) is 5.82. The molecule has 0 amide bonds. The van der Waals surface area contributed by atoms with Gasteiger partial charge in [0.15, 0.2) is 5.82 Å². The van der Waals surface area contributed by atoms with Gasteiger partial charge in [-0.3, -0.25) is 0 Å². The summed E-state index contributed by atoms with van der Waals surface area (Å²) in [5.74, 6) is 1.40. The van der Waals surface area contributed by atoms with Gasteiger partial charge in [-0.05, 0) is 35.6 Å². The summed E-state index contributed by atoms with van der Waals surface area (Å²) in [6.07, 6.45) is 2.76. The average Bonchev–Trinajstić information content (AvgIpc) is 3.15. The van der Waals surface area contributed by atoms with E-state index >= 15 is 0 Å². The Balaban J connectivity index is 1.65. The van der Waals surface area contributed by atoms with E-state index in [4.69, 9.17) is 0 Å². The Morgan fingerprint density at radius 1 is 1.13 bits per heavy atom. The van der Waals surface area contributed by atoms with E-state index in [1.54, 1.807) is 6.33 Å². The van der Waals surface area contributed by atoms with Crippen molar-refractivity contribution in [2.75, 3.05) is 5.32 Å². The molecule has 0 aliphatic carbocycles. The number of anilines is 1. The first-order valence-corrected chi connectivity index (χ1v) is 8.05. The van der Waals surface area contributed by atoms with Crippen molar-refractivity contribution in [1.82, 2.24) is 15.2 Å². The van der Waals surface area contributed by atoms with E-state index in [9.17, 15) is 0 Å². The van der Waals surface area contributed by atoms with E-state index in [0.29, 0.717) is 5.92 Å². The molecule has 4 heteroatoms. The summed E-state index contributed by atoms with van der Waals surface area (Å²) >= 11 is 0. The smallest absolute Gasteiger partial charge is 0.161 e. The molecule has 0 bridgehead atoms. The molecular weight excluding hydrogens is 284 g/mol. The van der Waals surface area contributed by atoms with Crippen LogP contribution in [0.2, 0.25) is 0 Å². The fraction of sp³-hybridized carbons (Fsp3) is 0.263. The van der Waals surface area contributed by atoms with Gasteiger partial charge in [0.2, 0.25) is 0 Å². The van der Waals surface area contributed by atoms with Crippen molar-refractivity contribution in [3.63, 3.8) is 0 Å². The van der Waals surface area contributed by atoms with Crippen molar-refractivity contribution < 1.29 is 0 Å².